The van der Waals surface area contributed by atoms with E-state index in [1.54, 1.807) is 6.92 Å². The first-order valence-electron chi connectivity index (χ1n) is 14.3. The third-order valence-corrected chi connectivity index (χ3v) is 9.88. The summed E-state index contributed by atoms with van der Waals surface area (Å²) in [6, 6.07) is 0. The monoisotopic (exact) mass is 696 g/mol. The van der Waals surface area contributed by atoms with E-state index in [1.807, 2.05) is 6.92 Å². The van der Waals surface area contributed by atoms with Gasteiger partial charge in [0.25, 0.3) is 5.56 Å². The molecule has 3 saturated heterocycles. The van der Waals surface area contributed by atoms with Gasteiger partial charge in [-0.1, -0.05) is 13.3 Å². The van der Waals surface area contributed by atoms with Gasteiger partial charge in [-0.2, -0.15) is 0 Å². The Bertz CT molecular complexity index is 1980. The molecular formula is C24H33BN9O11P2-. The summed E-state index contributed by atoms with van der Waals surface area (Å²) in [5, 5.41) is 11.3. The van der Waals surface area contributed by atoms with Crippen LogP contribution < -0.4 is 11.3 Å². The number of hydrogen-bond donors (Lipinski definition) is 4. The lowest BCUT2D eigenvalue weighted by atomic mass is 9.93. The van der Waals surface area contributed by atoms with Crippen LogP contribution in [0.2, 0.25) is 0 Å². The minimum absolute atomic E-state index is 0.0718. The third kappa shape index (κ3) is 5.94. The Kier molecular flexibility index (Phi) is 8.36. The summed E-state index contributed by atoms with van der Waals surface area (Å²) < 4.78 is 66.0. The summed E-state index contributed by atoms with van der Waals surface area (Å²) in [6.45, 7) is 2.72. The molecule has 5 N–H and O–H groups in total. The van der Waals surface area contributed by atoms with Crippen molar-refractivity contribution in [2.24, 2.45) is 5.92 Å². The van der Waals surface area contributed by atoms with E-state index in [4.69, 9.17) is 33.3 Å². The molecule has 4 aromatic heterocycles. The van der Waals surface area contributed by atoms with Gasteiger partial charge in [0.1, 0.15) is 49.6 Å². The molecule has 3 aliphatic rings. The van der Waals surface area contributed by atoms with E-state index in [2.05, 4.69) is 29.9 Å². The van der Waals surface area contributed by atoms with E-state index in [-0.39, 0.29) is 28.1 Å². The molecule has 2 bridgehead atoms. The van der Waals surface area contributed by atoms with Crippen molar-refractivity contribution in [1.29, 1.82) is 0 Å². The van der Waals surface area contributed by atoms with Gasteiger partial charge in [0.2, 0.25) is 0 Å². The highest BCUT2D eigenvalue weighted by Gasteiger charge is 2.52. The molecule has 20 nitrogen and oxygen atoms in total. The van der Waals surface area contributed by atoms with Crippen molar-refractivity contribution in [1.82, 2.24) is 39.0 Å². The van der Waals surface area contributed by atoms with E-state index in [0.29, 0.717) is 18.7 Å². The van der Waals surface area contributed by atoms with Crippen LogP contribution in [-0.2, 0) is 36.7 Å². The number of imidazole rings is 2. The van der Waals surface area contributed by atoms with Gasteiger partial charge in [-0.3, -0.25) is 23.0 Å². The smallest absolute Gasteiger partial charge is 0.386 e. The molecule has 0 saturated carbocycles. The molecular weight excluding hydrogens is 663 g/mol. The van der Waals surface area contributed by atoms with Gasteiger partial charge in [-0.25, -0.2) is 29.5 Å². The number of phosphoric ester groups is 1. The summed E-state index contributed by atoms with van der Waals surface area (Å²) in [4.78, 5) is 47.0. The zero-order valence-electron chi connectivity index (χ0n) is 24.4. The Balaban J connectivity index is 1.23. The number of nitrogens with one attached hydrogen (secondary N) is 1. The first-order chi connectivity index (χ1) is 22.4. The van der Waals surface area contributed by atoms with E-state index in [1.165, 1.54) is 28.1 Å². The molecule has 0 spiro atoms. The SMILES string of the molecule is [BH3-]P1(=O)OC[C@H]2O[C@@H](n3cnc4c(N)ncnc43)C(O)[C@H]2OP(=O)(O)OC[C@H]2O[C@@H](n3cnc4c(=O)[nH]c(C)nc43)[C@@H](O1)C2CCC. The van der Waals surface area contributed by atoms with Gasteiger partial charge in [0.05, 0.1) is 39.5 Å². The summed E-state index contributed by atoms with van der Waals surface area (Å²) in [5.41, 5.74) is 6.25. The number of nitrogen functional groups attached to an aromatic ring is 1. The lowest BCUT2D eigenvalue weighted by Gasteiger charge is -2.31. The normalized spacial score (nSPS) is 36.6. The van der Waals surface area contributed by atoms with E-state index in [9.17, 15) is 23.9 Å². The predicted molar refractivity (Wildman–Crippen MR) is 164 cm³/mol. The number of fused-ring (bicyclic) bond motifs is 5. The second kappa shape index (κ2) is 12.1. The standard InChI is InChI=1S/C24H33BN9O11P2/c1-3-4-11-12-5-41-47(38,39)45-18-13(43-23(16(18)35)33-8-29-14-19(26)27-7-28-20(14)33)6-40-46(25,37)44-17(11)24(42-12)34-9-30-15-21(34)31-10(2)32-22(15)36/h7-9,11-13,16-18,23-24,35H,3-6H2,1-2,25H3,(H,38,39)(H2,26,27,28)(H,31,32,36)/q-1/t11?,12-,13-,16?,17+,18+,23-,24-,46?/m1/s1. The van der Waals surface area contributed by atoms with Crippen LogP contribution in [0.15, 0.2) is 23.8 Å². The highest BCUT2D eigenvalue weighted by atomic mass is 31.2. The summed E-state index contributed by atoms with van der Waals surface area (Å²) in [5.74, 6) is -0.0251. The maximum Gasteiger partial charge on any atom is 0.472 e. The fraction of sp³-hybridized carbons (Fsp3) is 0.583. The van der Waals surface area contributed by atoms with Crippen LogP contribution in [0.3, 0.4) is 0 Å². The second-order valence-electron chi connectivity index (χ2n) is 11.1. The average Bonchev–Trinajstić information content (AvgIpc) is 3.76. The van der Waals surface area contributed by atoms with E-state index >= 15 is 0 Å². The quantitative estimate of drug-likeness (QED) is 0.159. The predicted octanol–water partition coefficient (Wildman–Crippen LogP) is -0.187. The van der Waals surface area contributed by atoms with Crippen LogP contribution in [0.5, 0.6) is 0 Å². The van der Waals surface area contributed by atoms with Crippen LogP contribution in [0.1, 0.15) is 38.0 Å². The Morgan fingerprint density at radius 1 is 1.00 bits per heavy atom. The lowest BCUT2D eigenvalue weighted by Crippen LogP contribution is -2.36. The Labute approximate surface area is 266 Å². The number of H-pyrrole nitrogens is 1. The Hall–Kier alpha value is -3.10. The molecule has 4 unspecified atom stereocenters. The van der Waals surface area contributed by atoms with Crippen LogP contribution in [-0.4, -0.2) is 100 Å². The summed E-state index contributed by atoms with van der Waals surface area (Å²) in [6.07, 6.45) is -3.04. The number of aliphatic hydroxyl groups excluding tert-OH is 1. The zero-order chi connectivity index (χ0) is 33.2. The van der Waals surface area contributed by atoms with Crippen LogP contribution in [0.4, 0.5) is 5.82 Å². The van der Waals surface area contributed by atoms with Gasteiger partial charge in [0, 0.05) is 5.92 Å². The number of ether oxygens (including phenoxy) is 2. The molecule has 0 aliphatic carbocycles. The highest BCUT2D eigenvalue weighted by molar-refractivity contribution is 7.79. The lowest BCUT2D eigenvalue weighted by molar-refractivity contribution is -0.0613. The molecule has 254 valence electrons. The van der Waals surface area contributed by atoms with E-state index in [0.717, 1.165) is 0 Å². The average molecular weight is 696 g/mol. The fourth-order valence-corrected chi connectivity index (χ4v) is 7.84. The largest absolute Gasteiger partial charge is 0.472 e. The number of phosphoric acid groups is 1. The van der Waals surface area contributed by atoms with Gasteiger partial charge in [-0.05, 0) is 13.3 Å². The van der Waals surface area contributed by atoms with Crippen LogP contribution >= 0.6 is 15.3 Å². The molecule has 4 aromatic rings. The minimum atomic E-state index is -4.88. The van der Waals surface area contributed by atoms with Gasteiger partial charge >= 0.3 is 7.82 Å². The number of aryl methyl sites for hydroxylation is 1. The number of rotatable bonds is 4. The molecule has 0 aromatic carbocycles. The molecule has 0 radical (unpaired) electrons. The van der Waals surface area contributed by atoms with Crippen molar-refractivity contribution in [3.05, 3.63) is 35.2 Å². The van der Waals surface area contributed by atoms with Crippen molar-refractivity contribution in [2.75, 3.05) is 18.9 Å². The Morgan fingerprint density at radius 3 is 2.47 bits per heavy atom. The molecule has 7 rings (SSSR count). The van der Waals surface area contributed by atoms with Crippen LogP contribution in [0.25, 0.3) is 22.3 Å². The molecule has 7 heterocycles. The minimum Gasteiger partial charge on any atom is -0.386 e. The molecule has 47 heavy (non-hydrogen) atoms. The molecule has 3 fully saturated rings. The number of hydrogen-bond acceptors (Lipinski definition) is 16. The Morgan fingerprint density at radius 2 is 1.70 bits per heavy atom. The highest BCUT2D eigenvalue weighted by Crippen LogP contribution is 2.55. The number of aromatic amines is 1. The molecule has 0 amide bonds. The van der Waals surface area contributed by atoms with Gasteiger partial charge in [-0.15, -0.1) is 0 Å². The zero-order valence-corrected chi connectivity index (χ0v) is 26.1. The number of anilines is 1. The number of aromatic nitrogens is 8. The molecule has 3 aliphatic heterocycles. The maximum atomic E-state index is 14.1. The fourth-order valence-electron chi connectivity index (χ4n) is 6.09. The van der Waals surface area contributed by atoms with Crippen molar-refractivity contribution < 1.29 is 46.7 Å². The second-order valence-corrected chi connectivity index (χ2v) is 13.4. The van der Waals surface area contributed by atoms with Crippen molar-refractivity contribution in [3.63, 3.8) is 0 Å². The maximum absolute atomic E-state index is 14.1. The van der Waals surface area contributed by atoms with Gasteiger partial charge in [0.15, 0.2) is 35.1 Å². The summed E-state index contributed by atoms with van der Waals surface area (Å²) >= 11 is 0. The third-order valence-electron chi connectivity index (χ3n) is 8.12. The van der Waals surface area contributed by atoms with Crippen molar-refractivity contribution >= 4 is 51.0 Å². The van der Waals surface area contributed by atoms with Gasteiger partial charge < -0.3 is 43.8 Å². The first-order valence-corrected chi connectivity index (χ1v) is 16.9. The first kappa shape index (κ1) is 32.5. The number of nitrogens with two attached hydrogens (primary N) is 1. The van der Waals surface area contributed by atoms with E-state index < -0.39 is 90.5 Å². The van der Waals surface area contributed by atoms with Crippen molar-refractivity contribution in [2.45, 2.75) is 69.7 Å². The van der Waals surface area contributed by atoms with Crippen LogP contribution in [0, 0.1) is 12.8 Å². The topological polar surface area (TPSA) is 263 Å². The number of aliphatic hydroxyl groups is 1. The van der Waals surface area contributed by atoms with Crippen molar-refractivity contribution in [3.8, 4) is 0 Å². The number of nitrogens with zero attached hydrogens (tertiary/aromatic N) is 7. The molecule has 23 heteroatoms. The molecule has 10 atom stereocenters. The summed E-state index contributed by atoms with van der Waals surface area (Å²) in [7, 11) is -9.74.